The molecule has 9 atom stereocenters. The monoisotopic (exact) mass is 826 g/mol. The molecule has 0 spiro atoms. The maximum atomic E-state index is 7.24. The van der Waals surface area contributed by atoms with Crippen LogP contribution in [0.4, 0.5) is 0 Å². The van der Waals surface area contributed by atoms with Crippen LogP contribution in [0.15, 0.2) is 121 Å². The van der Waals surface area contributed by atoms with Gasteiger partial charge in [0.25, 0.3) is 0 Å². The third-order valence-electron chi connectivity index (χ3n) is 11.4. The molecule has 5 unspecified atom stereocenters. The van der Waals surface area contributed by atoms with Gasteiger partial charge in [0.15, 0.2) is 12.6 Å². The molecule has 0 N–H and O–H groups in total. The van der Waals surface area contributed by atoms with E-state index in [0.29, 0.717) is 33.0 Å². The molecular formula is C48H62O10Si. The van der Waals surface area contributed by atoms with Crippen LogP contribution in [0.1, 0.15) is 63.8 Å². The van der Waals surface area contributed by atoms with Crippen molar-refractivity contribution in [3.63, 3.8) is 0 Å². The molecule has 11 heteroatoms. The Labute approximate surface area is 351 Å². The Morgan fingerprint density at radius 3 is 1.37 bits per heavy atom. The molecule has 0 aliphatic carbocycles. The second kappa shape index (κ2) is 19.6. The van der Waals surface area contributed by atoms with E-state index in [9.17, 15) is 0 Å². The number of benzene rings is 4. The van der Waals surface area contributed by atoms with Gasteiger partial charge in [-0.1, -0.05) is 163 Å². The summed E-state index contributed by atoms with van der Waals surface area (Å²) >= 11 is 0. The highest BCUT2D eigenvalue weighted by atomic mass is 28.4. The van der Waals surface area contributed by atoms with Gasteiger partial charge in [0.05, 0.1) is 39.6 Å². The zero-order valence-corrected chi connectivity index (χ0v) is 36.6. The molecule has 3 saturated heterocycles. The van der Waals surface area contributed by atoms with Gasteiger partial charge in [-0.3, -0.25) is 0 Å². The average Bonchev–Trinajstić information content (AvgIpc) is 3.59. The molecule has 3 aliphatic rings. The van der Waals surface area contributed by atoms with Crippen molar-refractivity contribution in [1.82, 2.24) is 0 Å². The van der Waals surface area contributed by atoms with Crippen LogP contribution in [-0.2, 0) is 73.2 Å². The fourth-order valence-corrected chi connectivity index (χ4v) is 13.6. The molecule has 4 aromatic rings. The number of ether oxygens (including phenoxy) is 8. The number of rotatable bonds is 16. The molecule has 0 radical (unpaired) electrons. The normalized spacial score (nSPS) is 28.3. The fraction of sp³-hybridized carbons (Fsp3) is 0.500. The summed E-state index contributed by atoms with van der Waals surface area (Å²) < 4.78 is 67.4. The quantitative estimate of drug-likeness (QED) is 0.102. The summed E-state index contributed by atoms with van der Waals surface area (Å²) in [6.45, 7) is 15.1. The minimum absolute atomic E-state index is 0.0905. The van der Waals surface area contributed by atoms with Crippen molar-refractivity contribution >= 4 is 8.56 Å². The lowest BCUT2D eigenvalue weighted by Crippen LogP contribution is -2.65. The third-order valence-corrected chi connectivity index (χ3v) is 16.5. The summed E-state index contributed by atoms with van der Waals surface area (Å²) in [7, 11) is -1.25. The summed E-state index contributed by atoms with van der Waals surface area (Å²) in [6.07, 6.45) is -5.39. The summed E-state index contributed by atoms with van der Waals surface area (Å²) in [5.74, 6) is 0. The van der Waals surface area contributed by atoms with Crippen LogP contribution < -0.4 is 0 Å². The van der Waals surface area contributed by atoms with Gasteiger partial charge in [0, 0.05) is 17.2 Å². The highest BCUT2D eigenvalue weighted by Crippen LogP contribution is 2.55. The molecular weight excluding hydrogens is 765 g/mol. The molecule has 0 saturated carbocycles. The molecule has 59 heavy (non-hydrogen) atoms. The maximum absolute atomic E-state index is 7.24. The minimum Gasteiger partial charge on any atom is -0.391 e. The predicted octanol–water partition coefficient (Wildman–Crippen LogP) is 8.90. The first-order valence-electron chi connectivity index (χ1n) is 20.8. The summed E-state index contributed by atoms with van der Waals surface area (Å²) in [5, 5.41) is -0.442. The van der Waals surface area contributed by atoms with Crippen LogP contribution in [0.3, 0.4) is 0 Å². The lowest BCUT2D eigenvalue weighted by molar-refractivity contribution is -0.328. The number of hydrogen-bond acceptors (Lipinski definition) is 10. The van der Waals surface area contributed by atoms with Crippen molar-refractivity contribution in [2.75, 3.05) is 20.3 Å². The van der Waals surface area contributed by atoms with Crippen molar-refractivity contribution < 1.29 is 46.7 Å². The fourth-order valence-electron chi connectivity index (χ4n) is 8.64. The van der Waals surface area contributed by atoms with Crippen LogP contribution in [0, 0.1) is 0 Å². The Morgan fingerprint density at radius 1 is 0.508 bits per heavy atom. The molecule has 10 nitrogen and oxygen atoms in total. The van der Waals surface area contributed by atoms with Crippen molar-refractivity contribution in [1.29, 1.82) is 0 Å². The van der Waals surface area contributed by atoms with Crippen LogP contribution >= 0.6 is 0 Å². The third kappa shape index (κ3) is 10.4. The Morgan fingerprint density at radius 2 is 0.932 bits per heavy atom. The van der Waals surface area contributed by atoms with Crippen molar-refractivity contribution in [2.45, 2.75) is 133 Å². The Balaban J connectivity index is 1.17. The van der Waals surface area contributed by atoms with Crippen molar-refractivity contribution in [3.05, 3.63) is 144 Å². The molecule has 0 amide bonds. The second-order valence-corrected chi connectivity index (χ2v) is 22.5. The molecule has 3 fully saturated rings. The summed E-state index contributed by atoms with van der Waals surface area (Å²) in [5.41, 5.74) is 4.11. The predicted molar refractivity (Wildman–Crippen MR) is 226 cm³/mol. The van der Waals surface area contributed by atoms with E-state index in [1.807, 2.05) is 109 Å². The molecule has 318 valence electrons. The standard InChI is InChI=1S/C48H62O10Si/c1-47(2,3)59(48(4,5)6)55-33-39-41(58-59)43(52-30-36-24-16-10-17-25-36)46(57-39)54-32-38-40(50-28-34-20-12-8-13-21-34)42(51-29-35-22-14-9-15-23-35)44(45(49-7)56-38)53-31-37-26-18-11-19-27-37/h8-27,38-46H,28-33H2,1-7H3/t38?,39-,40-,41?,42?,43?,44?,45+,46+/m1/s1. The lowest BCUT2D eigenvalue weighted by Gasteiger charge is -2.53. The minimum atomic E-state index is -2.87. The van der Waals surface area contributed by atoms with Gasteiger partial charge in [-0.05, 0) is 22.3 Å². The average molecular weight is 827 g/mol. The van der Waals surface area contributed by atoms with Gasteiger partial charge in [0.1, 0.15) is 42.7 Å². The first-order chi connectivity index (χ1) is 28.5. The van der Waals surface area contributed by atoms with Gasteiger partial charge < -0.3 is 46.7 Å². The van der Waals surface area contributed by atoms with Crippen molar-refractivity contribution in [2.24, 2.45) is 0 Å². The van der Waals surface area contributed by atoms with E-state index in [2.05, 4.69) is 53.7 Å². The topological polar surface area (TPSA) is 92.3 Å². The molecule has 3 aliphatic heterocycles. The molecule has 7 rings (SSSR count). The first kappa shape index (κ1) is 43.8. The Bertz CT molecular complexity index is 1820. The highest BCUT2D eigenvalue weighted by Gasteiger charge is 2.65. The largest absolute Gasteiger partial charge is 0.391 e. The summed E-state index contributed by atoms with van der Waals surface area (Å²) in [4.78, 5) is 0. The van der Waals surface area contributed by atoms with Gasteiger partial charge in [-0.25, -0.2) is 0 Å². The van der Waals surface area contributed by atoms with E-state index < -0.39 is 57.8 Å². The van der Waals surface area contributed by atoms with E-state index >= 15 is 0 Å². The van der Waals surface area contributed by atoms with Gasteiger partial charge in [0.2, 0.25) is 0 Å². The smallest absolute Gasteiger partial charge is 0.349 e. The number of hydrogen-bond donors (Lipinski definition) is 0. The van der Waals surface area contributed by atoms with E-state index in [0.717, 1.165) is 22.3 Å². The van der Waals surface area contributed by atoms with Gasteiger partial charge >= 0.3 is 8.56 Å². The van der Waals surface area contributed by atoms with Gasteiger partial charge in [-0.2, -0.15) is 0 Å². The lowest BCUT2D eigenvalue weighted by atomic mass is 9.97. The molecule has 0 bridgehead atoms. The van der Waals surface area contributed by atoms with Gasteiger partial charge in [-0.15, -0.1) is 0 Å². The van der Waals surface area contributed by atoms with Crippen LogP contribution in [0.5, 0.6) is 0 Å². The zero-order chi connectivity index (χ0) is 41.5. The zero-order valence-electron chi connectivity index (χ0n) is 35.6. The SMILES string of the molecule is CO[C@H]1OC(CO[C@H]2O[C@@H]3CO[Si](C(C)(C)C)(C(C)(C)C)OC3C2OCc2ccccc2)[C@@H](OCc2ccccc2)C(OCc2ccccc2)C1OCc1ccccc1. The highest BCUT2D eigenvalue weighted by molar-refractivity contribution is 6.73. The van der Waals surface area contributed by atoms with Crippen LogP contribution in [0.2, 0.25) is 10.1 Å². The maximum Gasteiger partial charge on any atom is 0.349 e. The molecule has 0 aromatic heterocycles. The second-order valence-electron chi connectivity index (χ2n) is 17.7. The van der Waals surface area contributed by atoms with Crippen LogP contribution in [0.25, 0.3) is 0 Å². The Hall–Kier alpha value is -3.30. The Kier molecular flexibility index (Phi) is 14.5. The summed E-state index contributed by atoms with van der Waals surface area (Å²) in [6, 6.07) is 40.3. The first-order valence-corrected chi connectivity index (χ1v) is 22.7. The van der Waals surface area contributed by atoms with E-state index in [1.54, 1.807) is 7.11 Å². The van der Waals surface area contributed by atoms with E-state index in [-0.39, 0.29) is 22.8 Å². The number of methoxy groups -OCH3 is 1. The molecule has 3 heterocycles. The van der Waals surface area contributed by atoms with E-state index in [4.69, 9.17) is 46.7 Å². The molecule has 4 aromatic carbocycles. The number of fused-ring (bicyclic) bond motifs is 1. The van der Waals surface area contributed by atoms with E-state index in [1.165, 1.54) is 0 Å². The van der Waals surface area contributed by atoms with Crippen LogP contribution in [-0.4, -0.2) is 84.2 Å². The van der Waals surface area contributed by atoms with Crippen molar-refractivity contribution in [3.8, 4) is 0 Å².